The largest absolute Gasteiger partial charge is 0.510 e. The zero-order valence-electron chi connectivity index (χ0n) is 7.41. The van der Waals surface area contributed by atoms with E-state index in [2.05, 4.69) is 9.97 Å². The van der Waals surface area contributed by atoms with Crippen LogP contribution in [-0.4, -0.2) is 15.1 Å². The summed E-state index contributed by atoms with van der Waals surface area (Å²) in [5.74, 6) is 1.36. The van der Waals surface area contributed by atoms with Gasteiger partial charge in [0, 0.05) is 11.6 Å². The van der Waals surface area contributed by atoms with Gasteiger partial charge in [-0.15, -0.1) is 0 Å². The SMILES string of the molecule is Cc1nc(N)c2c(n1)=C(O)CCC=2. The van der Waals surface area contributed by atoms with Crippen molar-refractivity contribution in [1.29, 1.82) is 0 Å². The molecule has 0 saturated heterocycles. The normalized spacial score (nSPS) is 15.0. The highest BCUT2D eigenvalue weighted by atomic mass is 16.3. The Morgan fingerprint density at radius 1 is 1.46 bits per heavy atom. The topological polar surface area (TPSA) is 72.0 Å². The van der Waals surface area contributed by atoms with E-state index in [1.54, 1.807) is 6.92 Å². The lowest BCUT2D eigenvalue weighted by atomic mass is 10.1. The molecule has 0 bridgehead atoms. The third kappa shape index (κ3) is 1.24. The minimum Gasteiger partial charge on any atom is -0.510 e. The Bertz CT molecular complexity index is 464. The van der Waals surface area contributed by atoms with Crippen LogP contribution in [0.15, 0.2) is 0 Å². The second-order valence-corrected chi connectivity index (χ2v) is 3.11. The van der Waals surface area contributed by atoms with Crippen LogP contribution in [0.3, 0.4) is 0 Å². The molecule has 0 aromatic carbocycles. The molecule has 13 heavy (non-hydrogen) atoms. The van der Waals surface area contributed by atoms with Crippen LogP contribution in [0.1, 0.15) is 18.7 Å². The van der Waals surface area contributed by atoms with Gasteiger partial charge in [0.05, 0.1) is 0 Å². The van der Waals surface area contributed by atoms with Crippen molar-refractivity contribution < 1.29 is 5.11 Å². The molecule has 1 heterocycles. The van der Waals surface area contributed by atoms with Crippen molar-refractivity contribution in [3.8, 4) is 0 Å². The van der Waals surface area contributed by atoms with Crippen LogP contribution < -0.4 is 16.3 Å². The van der Waals surface area contributed by atoms with E-state index >= 15 is 0 Å². The second kappa shape index (κ2) is 2.73. The number of hydrogen-bond donors (Lipinski definition) is 2. The van der Waals surface area contributed by atoms with E-state index in [4.69, 9.17) is 5.73 Å². The molecule has 0 saturated carbocycles. The third-order valence-electron chi connectivity index (χ3n) is 2.09. The van der Waals surface area contributed by atoms with Gasteiger partial charge in [0.25, 0.3) is 0 Å². The molecular weight excluding hydrogens is 166 g/mol. The number of aliphatic hydroxyl groups excluding tert-OH is 1. The predicted molar refractivity (Wildman–Crippen MR) is 50.2 cm³/mol. The Morgan fingerprint density at radius 2 is 2.23 bits per heavy atom. The summed E-state index contributed by atoms with van der Waals surface area (Å²) in [4.78, 5) is 8.18. The van der Waals surface area contributed by atoms with Gasteiger partial charge in [-0.2, -0.15) is 0 Å². The number of nitrogens with zero attached hydrogens (tertiary/aromatic N) is 2. The lowest BCUT2D eigenvalue weighted by Crippen LogP contribution is -2.36. The number of aliphatic hydroxyl groups is 1. The van der Waals surface area contributed by atoms with Crippen LogP contribution >= 0.6 is 0 Å². The van der Waals surface area contributed by atoms with E-state index in [1.165, 1.54) is 0 Å². The van der Waals surface area contributed by atoms with Gasteiger partial charge in [-0.3, -0.25) is 0 Å². The number of nitrogen functional groups attached to an aromatic ring is 1. The maximum Gasteiger partial charge on any atom is 0.134 e. The zero-order chi connectivity index (χ0) is 9.42. The smallest absolute Gasteiger partial charge is 0.134 e. The van der Waals surface area contributed by atoms with Gasteiger partial charge >= 0.3 is 0 Å². The Labute approximate surface area is 75.4 Å². The summed E-state index contributed by atoms with van der Waals surface area (Å²) in [6.45, 7) is 1.76. The molecule has 0 atom stereocenters. The zero-order valence-corrected chi connectivity index (χ0v) is 7.41. The molecule has 2 rings (SSSR count). The van der Waals surface area contributed by atoms with Crippen molar-refractivity contribution in [2.45, 2.75) is 19.8 Å². The maximum atomic E-state index is 9.56. The molecule has 1 aliphatic rings. The standard InChI is InChI=1S/C9H11N3O/c1-5-11-8-6(9(10)12-5)3-2-4-7(8)13/h3,13H,2,4H2,1H3,(H2,10,11,12). The molecule has 0 aliphatic heterocycles. The van der Waals surface area contributed by atoms with E-state index < -0.39 is 0 Å². The van der Waals surface area contributed by atoms with E-state index in [9.17, 15) is 5.11 Å². The Balaban J connectivity index is 2.94. The molecular formula is C9H11N3O. The third-order valence-corrected chi connectivity index (χ3v) is 2.09. The van der Waals surface area contributed by atoms with Crippen molar-refractivity contribution >= 4 is 17.7 Å². The molecule has 4 nitrogen and oxygen atoms in total. The number of hydrogen-bond acceptors (Lipinski definition) is 4. The van der Waals surface area contributed by atoms with E-state index in [0.29, 0.717) is 29.2 Å². The molecule has 4 heteroatoms. The first-order chi connectivity index (χ1) is 6.18. The number of aromatic nitrogens is 2. The van der Waals surface area contributed by atoms with Crippen molar-refractivity contribution in [2.75, 3.05) is 5.73 Å². The average Bonchev–Trinajstić information content (AvgIpc) is 2.07. The molecule has 1 aromatic heterocycles. The fourth-order valence-electron chi connectivity index (χ4n) is 1.50. The Kier molecular flexibility index (Phi) is 1.69. The highest BCUT2D eigenvalue weighted by Gasteiger charge is 2.07. The number of aryl methyl sites for hydroxylation is 1. The van der Waals surface area contributed by atoms with Gasteiger partial charge < -0.3 is 10.8 Å². The first-order valence-corrected chi connectivity index (χ1v) is 4.21. The first kappa shape index (κ1) is 8.04. The number of fused-ring (bicyclic) bond motifs is 1. The highest BCUT2D eigenvalue weighted by molar-refractivity contribution is 5.48. The summed E-state index contributed by atoms with van der Waals surface area (Å²) in [6.07, 6.45) is 3.40. The van der Waals surface area contributed by atoms with Gasteiger partial charge in [-0.05, 0) is 13.3 Å². The van der Waals surface area contributed by atoms with Crippen LogP contribution in [0, 0.1) is 6.92 Å². The van der Waals surface area contributed by atoms with Crippen molar-refractivity contribution in [1.82, 2.24) is 9.97 Å². The van der Waals surface area contributed by atoms with Gasteiger partial charge in [0.15, 0.2) is 0 Å². The van der Waals surface area contributed by atoms with Crippen molar-refractivity contribution in [3.05, 3.63) is 16.4 Å². The molecule has 0 radical (unpaired) electrons. The van der Waals surface area contributed by atoms with E-state index in [-0.39, 0.29) is 0 Å². The minimum absolute atomic E-state index is 0.315. The minimum atomic E-state index is 0.315. The number of rotatable bonds is 0. The van der Waals surface area contributed by atoms with Gasteiger partial charge in [-0.1, -0.05) is 6.08 Å². The highest BCUT2D eigenvalue weighted by Crippen LogP contribution is 2.03. The fourth-order valence-corrected chi connectivity index (χ4v) is 1.50. The summed E-state index contributed by atoms with van der Waals surface area (Å²) in [7, 11) is 0. The lowest BCUT2D eigenvalue weighted by molar-refractivity contribution is 0.474. The molecule has 68 valence electrons. The summed E-state index contributed by atoms with van der Waals surface area (Å²) >= 11 is 0. The van der Waals surface area contributed by atoms with Crippen LogP contribution in [-0.2, 0) is 0 Å². The molecule has 0 fully saturated rings. The van der Waals surface area contributed by atoms with Crippen molar-refractivity contribution in [3.63, 3.8) is 0 Å². The first-order valence-electron chi connectivity index (χ1n) is 4.21. The molecule has 0 spiro atoms. The lowest BCUT2D eigenvalue weighted by Gasteiger charge is -2.05. The summed E-state index contributed by atoms with van der Waals surface area (Å²) in [6, 6.07) is 0. The molecule has 0 unspecified atom stereocenters. The summed E-state index contributed by atoms with van der Waals surface area (Å²) in [5, 5.41) is 10.9. The Hall–Kier alpha value is -1.58. The monoisotopic (exact) mass is 177 g/mol. The Morgan fingerprint density at radius 3 is 3.00 bits per heavy atom. The summed E-state index contributed by atoms with van der Waals surface area (Å²) < 4.78 is 0. The van der Waals surface area contributed by atoms with Crippen LogP contribution in [0.2, 0.25) is 0 Å². The molecule has 1 aromatic rings. The van der Waals surface area contributed by atoms with Crippen molar-refractivity contribution in [2.24, 2.45) is 0 Å². The number of nitrogens with two attached hydrogens (primary N) is 1. The van der Waals surface area contributed by atoms with Gasteiger partial charge in [-0.25, -0.2) is 9.97 Å². The maximum absolute atomic E-state index is 9.56. The molecule has 1 aliphatic carbocycles. The molecule has 0 amide bonds. The fraction of sp³-hybridized carbons (Fsp3) is 0.333. The number of anilines is 1. The predicted octanol–water partition coefficient (Wildman–Crippen LogP) is -0.392. The molecule has 3 N–H and O–H groups in total. The van der Waals surface area contributed by atoms with Crippen LogP contribution in [0.5, 0.6) is 0 Å². The second-order valence-electron chi connectivity index (χ2n) is 3.11. The van der Waals surface area contributed by atoms with Crippen LogP contribution in [0.4, 0.5) is 5.82 Å². The quantitative estimate of drug-likeness (QED) is 0.566. The average molecular weight is 177 g/mol. The summed E-state index contributed by atoms with van der Waals surface area (Å²) in [5.41, 5.74) is 5.70. The van der Waals surface area contributed by atoms with Gasteiger partial charge in [0.1, 0.15) is 22.8 Å². The van der Waals surface area contributed by atoms with Crippen LogP contribution in [0.25, 0.3) is 11.8 Å². The van der Waals surface area contributed by atoms with Gasteiger partial charge in [0.2, 0.25) is 0 Å². The van der Waals surface area contributed by atoms with E-state index in [0.717, 1.165) is 11.6 Å². The van der Waals surface area contributed by atoms with E-state index in [1.807, 2.05) is 6.08 Å².